The van der Waals surface area contributed by atoms with E-state index >= 15 is 0 Å². The Bertz CT molecular complexity index is 746. The molecule has 2 heterocycles. The third kappa shape index (κ3) is 3.75. The van der Waals surface area contributed by atoms with Gasteiger partial charge < -0.3 is 9.64 Å². The Morgan fingerprint density at radius 2 is 1.72 bits per heavy atom. The van der Waals surface area contributed by atoms with Crippen LogP contribution >= 0.6 is 0 Å². The van der Waals surface area contributed by atoms with Crippen LogP contribution in [0.4, 0.5) is 0 Å². The summed E-state index contributed by atoms with van der Waals surface area (Å²) in [7, 11) is -3.62. The van der Waals surface area contributed by atoms with Crippen LogP contribution in [0.25, 0.3) is 0 Å². The van der Waals surface area contributed by atoms with Crippen LogP contribution in [0, 0.1) is 0 Å². The van der Waals surface area contributed by atoms with E-state index < -0.39 is 10.0 Å². The molecule has 1 amide bonds. The van der Waals surface area contributed by atoms with E-state index in [4.69, 9.17) is 4.74 Å². The number of carbonyl (C=O) groups excluding carboxylic acids is 2. The average molecular weight is 366 g/mol. The molecule has 1 atom stereocenters. The van der Waals surface area contributed by atoms with Gasteiger partial charge in [0.2, 0.25) is 10.0 Å². The number of piperazine rings is 1. The average Bonchev–Trinajstić information content (AvgIpc) is 3.16. The van der Waals surface area contributed by atoms with E-state index in [1.54, 1.807) is 4.90 Å². The number of amides is 1. The molecule has 2 saturated heterocycles. The summed E-state index contributed by atoms with van der Waals surface area (Å²) in [6.45, 7) is 3.30. The summed E-state index contributed by atoms with van der Waals surface area (Å²) in [6.07, 6.45) is 1.25. The lowest BCUT2D eigenvalue weighted by molar-refractivity contribution is -0.142. The van der Waals surface area contributed by atoms with Crippen LogP contribution in [0.1, 0.15) is 30.1 Å². The SMILES string of the molecule is CC(=O)c1ccc(S(=O)(=O)N2CCN(C(=O)[C@@H]3CCCO3)CC2)cc1. The van der Waals surface area contributed by atoms with E-state index in [9.17, 15) is 18.0 Å². The maximum atomic E-state index is 12.7. The summed E-state index contributed by atoms with van der Waals surface area (Å²) in [5.41, 5.74) is 0.478. The number of Topliss-reactive ketones (excluding diaryl/α,β-unsaturated/α-hetero) is 1. The van der Waals surface area contributed by atoms with Gasteiger partial charge in [0.1, 0.15) is 6.10 Å². The third-order valence-corrected chi connectivity index (χ3v) is 6.57. The van der Waals surface area contributed by atoms with Gasteiger partial charge in [-0.15, -0.1) is 0 Å². The maximum absolute atomic E-state index is 12.7. The van der Waals surface area contributed by atoms with Gasteiger partial charge in [-0.05, 0) is 31.9 Å². The summed E-state index contributed by atoms with van der Waals surface area (Å²) >= 11 is 0. The number of hydrogen-bond donors (Lipinski definition) is 0. The molecule has 0 N–H and O–H groups in total. The molecule has 0 aromatic heterocycles. The quantitative estimate of drug-likeness (QED) is 0.740. The van der Waals surface area contributed by atoms with Crippen LogP contribution < -0.4 is 0 Å². The van der Waals surface area contributed by atoms with Gasteiger partial charge in [-0.1, -0.05) is 12.1 Å². The van der Waals surface area contributed by atoms with E-state index in [2.05, 4.69) is 0 Å². The van der Waals surface area contributed by atoms with Crippen molar-refractivity contribution in [3.05, 3.63) is 29.8 Å². The Hall–Kier alpha value is -1.77. The predicted molar refractivity (Wildman–Crippen MR) is 90.8 cm³/mol. The highest BCUT2D eigenvalue weighted by molar-refractivity contribution is 7.89. The number of ether oxygens (including phenoxy) is 1. The van der Waals surface area contributed by atoms with Gasteiger partial charge in [0.25, 0.3) is 5.91 Å². The summed E-state index contributed by atoms with van der Waals surface area (Å²) in [5.74, 6) is -0.148. The molecule has 0 radical (unpaired) electrons. The topological polar surface area (TPSA) is 84.0 Å². The third-order valence-electron chi connectivity index (χ3n) is 4.65. The van der Waals surface area contributed by atoms with Crippen molar-refractivity contribution in [2.24, 2.45) is 0 Å². The van der Waals surface area contributed by atoms with Crippen LogP contribution in [0.3, 0.4) is 0 Å². The number of benzene rings is 1. The van der Waals surface area contributed by atoms with Crippen molar-refractivity contribution >= 4 is 21.7 Å². The van der Waals surface area contributed by atoms with Crippen molar-refractivity contribution in [1.29, 1.82) is 0 Å². The first-order valence-corrected chi connectivity index (χ1v) is 9.85. The second-order valence-corrected chi connectivity index (χ2v) is 8.25. The number of rotatable bonds is 4. The Kier molecular flexibility index (Phi) is 5.21. The van der Waals surface area contributed by atoms with Crippen molar-refractivity contribution in [3.8, 4) is 0 Å². The Balaban J connectivity index is 1.64. The fourth-order valence-corrected chi connectivity index (χ4v) is 4.56. The molecule has 3 rings (SSSR count). The maximum Gasteiger partial charge on any atom is 0.251 e. The number of hydrogen-bond acceptors (Lipinski definition) is 5. The minimum absolute atomic E-state index is 0.0413. The molecule has 0 spiro atoms. The molecule has 2 aliphatic heterocycles. The van der Waals surface area contributed by atoms with Gasteiger partial charge in [0.15, 0.2) is 5.78 Å². The zero-order valence-corrected chi connectivity index (χ0v) is 15.0. The van der Waals surface area contributed by atoms with Crippen molar-refractivity contribution in [2.75, 3.05) is 32.8 Å². The number of sulfonamides is 1. The molecule has 1 aromatic carbocycles. The molecule has 0 aliphatic carbocycles. The molecule has 7 nitrogen and oxygen atoms in total. The van der Waals surface area contributed by atoms with E-state index in [1.807, 2.05) is 0 Å². The largest absolute Gasteiger partial charge is 0.368 e. The van der Waals surface area contributed by atoms with Crippen molar-refractivity contribution in [1.82, 2.24) is 9.21 Å². The lowest BCUT2D eigenvalue weighted by atomic mass is 10.2. The summed E-state index contributed by atoms with van der Waals surface area (Å²) in [5, 5.41) is 0. The Labute approximate surface area is 147 Å². The second kappa shape index (κ2) is 7.23. The van der Waals surface area contributed by atoms with Crippen LogP contribution in [0.2, 0.25) is 0 Å². The fourth-order valence-electron chi connectivity index (χ4n) is 3.14. The lowest BCUT2D eigenvalue weighted by Gasteiger charge is -2.35. The standard InChI is InChI=1S/C17H22N2O5S/c1-13(20)14-4-6-15(7-5-14)25(22,23)19-10-8-18(9-11-19)17(21)16-3-2-12-24-16/h4-7,16H,2-3,8-12H2,1H3/t16-/m0/s1. The van der Waals surface area contributed by atoms with E-state index in [-0.39, 0.29) is 35.8 Å². The van der Waals surface area contributed by atoms with Crippen molar-refractivity contribution in [3.63, 3.8) is 0 Å². The first kappa shape index (κ1) is 18.0. The van der Waals surface area contributed by atoms with E-state index in [0.29, 0.717) is 25.3 Å². The number of nitrogens with zero attached hydrogens (tertiary/aromatic N) is 2. The fraction of sp³-hybridized carbons (Fsp3) is 0.529. The highest BCUT2D eigenvalue weighted by Gasteiger charge is 2.33. The molecular weight excluding hydrogens is 344 g/mol. The molecule has 8 heteroatoms. The molecule has 2 aliphatic rings. The first-order valence-electron chi connectivity index (χ1n) is 8.41. The van der Waals surface area contributed by atoms with Crippen molar-refractivity contribution in [2.45, 2.75) is 30.8 Å². The Morgan fingerprint density at radius 3 is 2.24 bits per heavy atom. The minimum atomic E-state index is -3.62. The summed E-state index contributed by atoms with van der Waals surface area (Å²) in [6, 6.07) is 5.95. The summed E-state index contributed by atoms with van der Waals surface area (Å²) < 4.78 is 32.2. The lowest BCUT2D eigenvalue weighted by Crippen LogP contribution is -2.52. The Morgan fingerprint density at radius 1 is 1.08 bits per heavy atom. The normalized spacial score (nSPS) is 22.1. The zero-order chi connectivity index (χ0) is 18.0. The van der Waals surface area contributed by atoms with Crippen molar-refractivity contribution < 1.29 is 22.7 Å². The first-order chi connectivity index (χ1) is 11.9. The van der Waals surface area contributed by atoms with Gasteiger partial charge in [-0.2, -0.15) is 4.31 Å². The molecule has 25 heavy (non-hydrogen) atoms. The second-order valence-electron chi connectivity index (χ2n) is 6.31. The van der Waals surface area contributed by atoms with Gasteiger partial charge in [-0.3, -0.25) is 9.59 Å². The highest BCUT2D eigenvalue weighted by Crippen LogP contribution is 2.20. The smallest absolute Gasteiger partial charge is 0.251 e. The number of carbonyl (C=O) groups is 2. The molecule has 0 unspecified atom stereocenters. The van der Waals surface area contributed by atoms with Crippen LogP contribution in [-0.4, -0.2) is 68.2 Å². The van der Waals surface area contributed by atoms with E-state index in [1.165, 1.54) is 35.5 Å². The monoisotopic (exact) mass is 366 g/mol. The molecule has 2 fully saturated rings. The molecule has 0 saturated carbocycles. The van der Waals surface area contributed by atoms with Crippen LogP contribution in [-0.2, 0) is 19.6 Å². The zero-order valence-electron chi connectivity index (χ0n) is 14.2. The van der Waals surface area contributed by atoms with E-state index in [0.717, 1.165) is 12.8 Å². The van der Waals surface area contributed by atoms with Gasteiger partial charge in [0.05, 0.1) is 4.90 Å². The number of ketones is 1. The van der Waals surface area contributed by atoms with Gasteiger partial charge >= 0.3 is 0 Å². The highest BCUT2D eigenvalue weighted by atomic mass is 32.2. The molecule has 1 aromatic rings. The predicted octanol–water partition coefficient (Wildman–Crippen LogP) is 0.901. The summed E-state index contributed by atoms with van der Waals surface area (Å²) in [4.78, 5) is 25.5. The minimum Gasteiger partial charge on any atom is -0.368 e. The van der Waals surface area contributed by atoms with Gasteiger partial charge in [-0.25, -0.2) is 8.42 Å². The van der Waals surface area contributed by atoms with Gasteiger partial charge in [0, 0.05) is 38.3 Å². The van der Waals surface area contributed by atoms with Crippen LogP contribution in [0.15, 0.2) is 29.2 Å². The van der Waals surface area contributed by atoms with Crippen LogP contribution in [0.5, 0.6) is 0 Å². The molecule has 0 bridgehead atoms. The molecule has 136 valence electrons. The molecular formula is C17H22N2O5S.